The van der Waals surface area contributed by atoms with Gasteiger partial charge in [-0.25, -0.2) is 0 Å². The van der Waals surface area contributed by atoms with E-state index in [2.05, 4.69) is 45.8 Å². The Balaban J connectivity index is 4.43. The molecule has 0 heterocycles. The Morgan fingerprint density at radius 2 is 1.09 bits per heavy atom. The molecule has 0 aliphatic rings. The van der Waals surface area contributed by atoms with Crippen LogP contribution in [0.4, 0.5) is 0 Å². The van der Waals surface area contributed by atoms with Gasteiger partial charge in [0.1, 0.15) is 0 Å². The normalized spacial score (nSPS) is 14.2. The number of rotatable bonds is 3. The Bertz CT molecular complexity index is 105. The van der Waals surface area contributed by atoms with Crippen LogP contribution >= 0.6 is 0 Å². The van der Waals surface area contributed by atoms with E-state index in [1.54, 1.807) is 0 Å². The van der Waals surface area contributed by atoms with Gasteiger partial charge in [-0.1, -0.05) is 45.8 Å². The van der Waals surface area contributed by atoms with Crippen molar-refractivity contribution in [3.8, 4) is 0 Å². The Morgan fingerprint density at radius 3 is 1.09 bits per heavy atom. The minimum atomic E-state index is -0.746. The minimum absolute atomic E-state index is 0.0905. The highest BCUT2D eigenvalue weighted by molar-refractivity contribution is 7.75. The van der Waals surface area contributed by atoms with E-state index >= 15 is 0 Å². The van der Waals surface area contributed by atoms with E-state index in [1.165, 1.54) is 9.04 Å². The molecule has 0 nitrogen and oxygen atoms in total. The molecule has 4 heteroatoms. The molecule has 0 unspecified atom stereocenters. The second kappa shape index (κ2) is 3.72. The molecule has 0 atom stereocenters. The van der Waals surface area contributed by atoms with Gasteiger partial charge in [0, 0.05) is 31.6 Å². The van der Waals surface area contributed by atoms with Crippen molar-refractivity contribution in [3.05, 3.63) is 0 Å². The summed E-state index contributed by atoms with van der Waals surface area (Å²) in [6, 6.07) is 0. The van der Waals surface area contributed by atoms with Gasteiger partial charge in [-0.3, -0.25) is 0 Å². The van der Waals surface area contributed by atoms with Crippen molar-refractivity contribution in [2.75, 3.05) is 0 Å². The summed E-state index contributed by atoms with van der Waals surface area (Å²) in [4.78, 5) is 0. The number of hydrogen-bond acceptors (Lipinski definition) is 0. The van der Waals surface area contributed by atoms with E-state index in [4.69, 9.17) is 0 Å². The molecule has 0 bridgehead atoms. The summed E-state index contributed by atoms with van der Waals surface area (Å²) in [7, 11) is -0.125. The van der Waals surface area contributed by atoms with Crippen molar-refractivity contribution in [2.45, 2.75) is 45.8 Å². The lowest BCUT2D eigenvalue weighted by Crippen LogP contribution is -2.61. The summed E-state index contributed by atoms with van der Waals surface area (Å²) in [6.45, 7) is 17.8. The van der Waals surface area contributed by atoms with Crippen molar-refractivity contribution >= 4 is 31.6 Å². The molecule has 0 amide bonds. The third-order valence-electron chi connectivity index (χ3n) is 1.75. The average Bonchev–Trinajstić information content (AvgIpc) is 1.56. The van der Waals surface area contributed by atoms with Crippen LogP contribution in [0.3, 0.4) is 0 Å². The van der Waals surface area contributed by atoms with Crippen molar-refractivity contribution in [1.82, 2.24) is 0 Å². The second-order valence-electron chi connectivity index (χ2n) is 5.12. The molecule has 0 aromatic rings. The summed E-state index contributed by atoms with van der Waals surface area (Å²) in [5.74, 6) is 0. The molecule has 0 saturated heterocycles. The van der Waals surface area contributed by atoms with Gasteiger partial charge in [0.15, 0.2) is 0 Å². The molecule has 0 fully saturated rings. The van der Waals surface area contributed by atoms with E-state index < -0.39 is 15.2 Å². The van der Waals surface area contributed by atoms with Gasteiger partial charge in [0.25, 0.3) is 0 Å². The largest absolute Gasteiger partial charge is 0.0760 e. The Hall–Kier alpha value is 0.868. The summed E-state index contributed by atoms with van der Waals surface area (Å²) in [5, 5.41) is 0. The molecular formula is C7H21Si4. The van der Waals surface area contributed by atoms with Gasteiger partial charge in [-0.15, -0.1) is 0 Å². The molecule has 0 aromatic carbocycles. The first kappa shape index (κ1) is 11.9. The van der Waals surface area contributed by atoms with Gasteiger partial charge >= 0.3 is 0 Å². The Kier molecular flexibility index (Phi) is 4.01. The molecule has 0 aromatic heterocycles. The highest BCUT2D eigenvalue weighted by atomic mass is 29.9. The summed E-state index contributed by atoms with van der Waals surface area (Å²) in [5.41, 5.74) is 0. The predicted octanol–water partition coefficient (Wildman–Crippen LogP) is 2.56. The van der Waals surface area contributed by atoms with Crippen molar-refractivity contribution in [1.29, 1.82) is 0 Å². The van der Waals surface area contributed by atoms with E-state index in [-0.39, 0.29) is 7.35 Å². The average molecular weight is 218 g/mol. The standard InChI is InChI=1S/C7H21Si4/c1-8-9(10(2,3)4)11(5,6)7/h1-7H3. The monoisotopic (exact) mass is 217 g/mol. The Labute approximate surface area is 77.6 Å². The fourth-order valence-electron chi connectivity index (χ4n) is 1.88. The molecule has 0 N–H and O–H groups in total. The van der Waals surface area contributed by atoms with E-state index in [9.17, 15) is 0 Å². The van der Waals surface area contributed by atoms with Gasteiger partial charge in [0.05, 0.1) is 0 Å². The molecular weight excluding hydrogens is 196 g/mol. The topological polar surface area (TPSA) is 0 Å². The molecule has 0 saturated carbocycles. The van der Waals surface area contributed by atoms with Gasteiger partial charge in [-0.2, -0.15) is 0 Å². The zero-order valence-electron chi connectivity index (χ0n) is 9.00. The van der Waals surface area contributed by atoms with Gasteiger partial charge < -0.3 is 0 Å². The van der Waals surface area contributed by atoms with Gasteiger partial charge in [-0.05, 0) is 0 Å². The summed E-state index contributed by atoms with van der Waals surface area (Å²) in [6.07, 6.45) is 0. The molecule has 3 radical (unpaired) electrons. The lowest BCUT2D eigenvalue weighted by molar-refractivity contribution is 1.81. The quantitative estimate of drug-likeness (QED) is 0.638. The van der Waals surface area contributed by atoms with Crippen LogP contribution in [0.25, 0.3) is 0 Å². The van der Waals surface area contributed by atoms with Crippen LogP contribution in [0.2, 0.25) is 45.8 Å². The van der Waals surface area contributed by atoms with Crippen LogP contribution in [0.5, 0.6) is 0 Å². The third-order valence-corrected chi connectivity index (χ3v) is 47.2. The third kappa shape index (κ3) is 3.87. The zero-order valence-corrected chi connectivity index (χ0v) is 13.0. The predicted molar refractivity (Wildman–Crippen MR) is 64.1 cm³/mol. The summed E-state index contributed by atoms with van der Waals surface area (Å²) >= 11 is 0. The van der Waals surface area contributed by atoms with Crippen LogP contribution in [-0.4, -0.2) is 31.6 Å². The van der Waals surface area contributed by atoms with E-state index in [0.717, 1.165) is 0 Å². The highest BCUT2D eigenvalue weighted by Gasteiger charge is 2.37. The fraction of sp³-hybridized carbons (Fsp3) is 1.00. The lowest BCUT2D eigenvalue weighted by atomic mass is 11.8. The van der Waals surface area contributed by atoms with Crippen molar-refractivity contribution < 1.29 is 0 Å². The van der Waals surface area contributed by atoms with Crippen LogP contribution < -0.4 is 0 Å². The first-order valence-electron chi connectivity index (χ1n) is 4.25. The zero-order chi connectivity index (χ0) is 9.28. The smallest absolute Gasteiger partial charge is 0.0301 e. The first-order valence-corrected chi connectivity index (χ1v) is 17.2. The molecule has 11 heavy (non-hydrogen) atoms. The van der Waals surface area contributed by atoms with Crippen molar-refractivity contribution in [3.63, 3.8) is 0 Å². The van der Waals surface area contributed by atoms with E-state index in [1.807, 2.05) is 0 Å². The van der Waals surface area contributed by atoms with Gasteiger partial charge in [0.2, 0.25) is 0 Å². The van der Waals surface area contributed by atoms with Crippen molar-refractivity contribution in [2.24, 2.45) is 0 Å². The molecule has 0 aliphatic heterocycles. The van der Waals surface area contributed by atoms with E-state index in [0.29, 0.717) is 0 Å². The maximum atomic E-state index is 2.57. The van der Waals surface area contributed by atoms with Crippen LogP contribution in [0.15, 0.2) is 0 Å². The lowest BCUT2D eigenvalue weighted by Gasteiger charge is -2.36. The minimum Gasteiger partial charge on any atom is -0.0760 e. The molecule has 65 valence electrons. The fourth-order valence-corrected chi connectivity index (χ4v) is 50.6. The van der Waals surface area contributed by atoms with Crippen LogP contribution in [0, 0.1) is 0 Å². The molecule has 0 aliphatic carbocycles. The second-order valence-corrected chi connectivity index (χ2v) is 34.9. The SMILES string of the molecule is C[Si][Si]([Si](C)(C)C)[Si](C)(C)C. The van der Waals surface area contributed by atoms with Crippen LogP contribution in [0.1, 0.15) is 0 Å². The molecule has 0 spiro atoms. The summed E-state index contributed by atoms with van der Waals surface area (Å²) < 4.78 is 0. The van der Waals surface area contributed by atoms with Crippen LogP contribution in [-0.2, 0) is 0 Å². The molecule has 0 rings (SSSR count). The Morgan fingerprint density at radius 1 is 0.818 bits per heavy atom. The maximum Gasteiger partial charge on any atom is 0.0301 e. The first-order chi connectivity index (χ1) is 4.69. The highest BCUT2D eigenvalue weighted by Crippen LogP contribution is 2.16. The maximum absolute atomic E-state index is 2.57. The number of hydrogen-bond donors (Lipinski definition) is 0.